The Morgan fingerprint density at radius 3 is 2.42 bits per heavy atom. The summed E-state index contributed by atoms with van der Waals surface area (Å²) >= 11 is 0. The Balaban J connectivity index is 1.70. The first-order valence-corrected chi connectivity index (χ1v) is 8.82. The first-order chi connectivity index (χ1) is 12.6. The Bertz CT molecular complexity index is 872. The van der Waals surface area contributed by atoms with Crippen molar-refractivity contribution in [3.8, 4) is 11.5 Å². The summed E-state index contributed by atoms with van der Waals surface area (Å²) in [6.07, 6.45) is 1.94. The number of ether oxygens (including phenoxy) is 2. The number of amides is 1. The van der Waals surface area contributed by atoms with E-state index in [2.05, 4.69) is 0 Å². The van der Waals surface area contributed by atoms with Gasteiger partial charge in [-0.25, -0.2) is 0 Å². The molecular formula is C21H21NO4. The molecule has 1 unspecified atom stereocenters. The molecule has 0 spiro atoms. The van der Waals surface area contributed by atoms with Crippen LogP contribution in [0.1, 0.15) is 46.7 Å². The van der Waals surface area contributed by atoms with Crippen molar-refractivity contribution in [1.29, 1.82) is 0 Å². The third-order valence-corrected chi connectivity index (χ3v) is 5.29. The maximum absolute atomic E-state index is 12.5. The van der Waals surface area contributed by atoms with Gasteiger partial charge in [-0.05, 0) is 30.2 Å². The first-order valence-electron chi connectivity index (χ1n) is 8.82. The van der Waals surface area contributed by atoms with Crippen LogP contribution in [0.25, 0.3) is 0 Å². The molecule has 134 valence electrons. The van der Waals surface area contributed by atoms with E-state index in [0.717, 1.165) is 29.8 Å². The highest BCUT2D eigenvalue weighted by Crippen LogP contribution is 2.45. The zero-order chi connectivity index (χ0) is 18.3. The molecule has 2 aromatic rings. The third-order valence-electron chi connectivity index (χ3n) is 5.29. The molecule has 0 bridgehead atoms. The molecule has 1 heterocycles. The number of nitrogens with zero attached hydrogens (tertiary/aromatic N) is 1. The summed E-state index contributed by atoms with van der Waals surface area (Å²) in [7, 11) is 3.19. The van der Waals surface area contributed by atoms with Gasteiger partial charge in [0.15, 0.2) is 5.78 Å². The van der Waals surface area contributed by atoms with E-state index in [4.69, 9.17) is 9.47 Å². The fourth-order valence-corrected chi connectivity index (χ4v) is 3.97. The summed E-state index contributed by atoms with van der Waals surface area (Å²) in [6, 6.07) is 11.6. The van der Waals surface area contributed by atoms with Crippen LogP contribution in [0.2, 0.25) is 0 Å². The van der Waals surface area contributed by atoms with Crippen LogP contribution in [0.3, 0.4) is 0 Å². The zero-order valence-corrected chi connectivity index (χ0v) is 15.0. The van der Waals surface area contributed by atoms with E-state index in [-0.39, 0.29) is 17.6 Å². The number of ketones is 1. The fourth-order valence-electron chi connectivity index (χ4n) is 3.97. The summed E-state index contributed by atoms with van der Waals surface area (Å²) in [5.41, 5.74) is 3.56. The van der Waals surface area contributed by atoms with E-state index in [0.29, 0.717) is 29.9 Å². The average Bonchev–Trinajstić information content (AvgIpc) is 3.24. The van der Waals surface area contributed by atoms with Gasteiger partial charge < -0.3 is 14.4 Å². The SMILES string of the molecule is COc1cc(OC)c2c(c1)C(=O)CC2c1ccc(N2CCCC2=O)cc1. The second-order valence-electron chi connectivity index (χ2n) is 6.71. The molecule has 1 amide bonds. The van der Waals surface area contributed by atoms with Gasteiger partial charge in [-0.3, -0.25) is 9.59 Å². The Morgan fingerprint density at radius 2 is 1.81 bits per heavy atom. The van der Waals surface area contributed by atoms with E-state index in [1.165, 1.54) is 0 Å². The van der Waals surface area contributed by atoms with Crippen molar-refractivity contribution in [2.75, 3.05) is 25.7 Å². The molecule has 26 heavy (non-hydrogen) atoms. The Kier molecular flexibility index (Phi) is 4.15. The van der Waals surface area contributed by atoms with Crippen molar-refractivity contribution in [3.05, 3.63) is 53.1 Å². The van der Waals surface area contributed by atoms with Crippen LogP contribution >= 0.6 is 0 Å². The minimum atomic E-state index is -0.0401. The molecule has 0 N–H and O–H groups in total. The van der Waals surface area contributed by atoms with Gasteiger partial charge in [0.25, 0.3) is 0 Å². The van der Waals surface area contributed by atoms with Crippen molar-refractivity contribution in [1.82, 2.24) is 0 Å². The lowest BCUT2D eigenvalue weighted by Crippen LogP contribution is -2.23. The number of carbonyl (C=O) groups is 2. The molecule has 4 rings (SSSR count). The number of anilines is 1. The molecule has 0 radical (unpaired) electrons. The van der Waals surface area contributed by atoms with Crippen molar-refractivity contribution in [2.24, 2.45) is 0 Å². The lowest BCUT2D eigenvalue weighted by molar-refractivity contribution is -0.117. The van der Waals surface area contributed by atoms with E-state index in [9.17, 15) is 9.59 Å². The number of rotatable bonds is 4. The summed E-state index contributed by atoms with van der Waals surface area (Å²) < 4.78 is 10.8. The molecule has 1 aliphatic heterocycles. The monoisotopic (exact) mass is 351 g/mol. The van der Waals surface area contributed by atoms with Crippen LogP contribution in [0.5, 0.6) is 11.5 Å². The third kappa shape index (κ3) is 2.64. The van der Waals surface area contributed by atoms with Crippen molar-refractivity contribution in [2.45, 2.75) is 25.2 Å². The Labute approximate surface area is 152 Å². The largest absolute Gasteiger partial charge is 0.497 e. The topological polar surface area (TPSA) is 55.8 Å². The predicted octanol–water partition coefficient (Wildman–Crippen LogP) is 3.55. The van der Waals surface area contributed by atoms with E-state index in [1.807, 2.05) is 35.2 Å². The normalized spacial score (nSPS) is 19.0. The van der Waals surface area contributed by atoms with Crippen LogP contribution in [-0.4, -0.2) is 32.5 Å². The minimum absolute atomic E-state index is 0.0401. The fraction of sp³-hybridized carbons (Fsp3) is 0.333. The number of methoxy groups -OCH3 is 2. The Morgan fingerprint density at radius 1 is 1.04 bits per heavy atom. The maximum Gasteiger partial charge on any atom is 0.227 e. The van der Waals surface area contributed by atoms with Gasteiger partial charge in [-0.2, -0.15) is 0 Å². The lowest BCUT2D eigenvalue weighted by atomic mass is 9.92. The van der Waals surface area contributed by atoms with Gasteiger partial charge in [-0.1, -0.05) is 12.1 Å². The van der Waals surface area contributed by atoms with Crippen molar-refractivity contribution < 1.29 is 19.1 Å². The van der Waals surface area contributed by atoms with Crippen LogP contribution in [0, 0.1) is 0 Å². The van der Waals surface area contributed by atoms with Gasteiger partial charge in [0, 0.05) is 48.2 Å². The molecule has 0 saturated carbocycles. The van der Waals surface area contributed by atoms with Crippen LogP contribution in [-0.2, 0) is 4.79 Å². The molecule has 5 heteroatoms. The minimum Gasteiger partial charge on any atom is -0.497 e. The number of carbonyl (C=O) groups excluding carboxylic acids is 2. The number of hydrogen-bond acceptors (Lipinski definition) is 4. The van der Waals surface area contributed by atoms with Crippen molar-refractivity contribution >= 4 is 17.4 Å². The summed E-state index contributed by atoms with van der Waals surface area (Å²) in [6.45, 7) is 0.774. The number of Topliss-reactive ketones (excluding diaryl/α,β-unsaturated/α-hetero) is 1. The summed E-state index contributed by atoms with van der Waals surface area (Å²) in [5.74, 6) is 1.53. The van der Waals surface area contributed by atoms with E-state index in [1.54, 1.807) is 20.3 Å². The van der Waals surface area contributed by atoms with Crippen molar-refractivity contribution in [3.63, 3.8) is 0 Å². The number of fused-ring (bicyclic) bond motifs is 1. The standard InChI is InChI=1S/C21H21NO4/c1-25-15-10-17-18(23)12-16(21(17)19(11-15)26-2)13-5-7-14(8-6-13)22-9-3-4-20(22)24/h5-8,10-11,16H,3-4,9,12H2,1-2H3. The molecule has 5 nitrogen and oxygen atoms in total. The molecular weight excluding hydrogens is 330 g/mol. The molecule has 1 aliphatic carbocycles. The maximum atomic E-state index is 12.5. The van der Waals surface area contributed by atoms with Crippen LogP contribution < -0.4 is 14.4 Å². The molecule has 2 aliphatic rings. The molecule has 2 aromatic carbocycles. The van der Waals surface area contributed by atoms with Gasteiger partial charge in [-0.15, -0.1) is 0 Å². The summed E-state index contributed by atoms with van der Waals surface area (Å²) in [5, 5.41) is 0. The second kappa shape index (κ2) is 6.48. The molecule has 1 atom stereocenters. The van der Waals surface area contributed by atoms with Gasteiger partial charge in [0.2, 0.25) is 5.91 Å². The highest BCUT2D eigenvalue weighted by atomic mass is 16.5. The molecule has 1 saturated heterocycles. The first kappa shape index (κ1) is 16.6. The highest BCUT2D eigenvalue weighted by molar-refractivity contribution is 6.03. The van der Waals surface area contributed by atoms with Gasteiger partial charge in [0.05, 0.1) is 14.2 Å². The zero-order valence-electron chi connectivity index (χ0n) is 15.0. The highest BCUT2D eigenvalue weighted by Gasteiger charge is 2.34. The molecule has 0 aromatic heterocycles. The lowest BCUT2D eigenvalue weighted by Gasteiger charge is -2.19. The van der Waals surface area contributed by atoms with Crippen LogP contribution in [0.4, 0.5) is 5.69 Å². The quantitative estimate of drug-likeness (QED) is 0.845. The van der Waals surface area contributed by atoms with E-state index < -0.39 is 0 Å². The smallest absolute Gasteiger partial charge is 0.227 e. The van der Waals surface area contributed by atoms with Crippen LogP contribution in [0.15, 0.2) is 36.4 Å². The molecule has 1 fully saturated rings. The number of hydrogen-bond donors (Lipinski definition) is 0. The van der Waals surface area contributed by atoms with Gasteiger partial charge >= 0.3 is 0 Å². The Hall–Kier alpha value is -2.82. The number of benzene rings is 2. The summed E-state index contributed by atoms with van der Waals surface area (Å²) in [4.78, 5) is 26.3. The van der Waals surface area contributed by atoms with Gasteiger partial charge in [0.1, 0.15) is 11.5 Å². The average molecular weight is 351 g/mol. The predicted molar refractivity (Wildman–Crippen MR) is 98.4 cm³/mol. The van der Waals surface area contributed by atoms with E-state index >= 15 is 0 Å². The second-order valence-corrected chi connectivity index (χ2v) is 6.71.